The third-order valence-corrected chi connectivity index (χ3v) is 5.64. The van der Waals surface area contributed by atoms with Crippen LogP contribution in [0, 0.1) is 27.7 Å². The van der Waals surface area contributed by atoms with Crippen LogP contribution in [-0.2, 0) is 4.74 Å². The number of carbonyl (C=O) groups excluding carboxylic acids is 3. The van der Waals surface area contributed by atoms with Crippen LogP contribution in [0.3, 0.4) is 0 Å². The second-order valence-electron chi connectivity index (χ2n) is 6.77. The van der Waals surface area contributed by atoms with Crippen molar-refractivity contribution in [2.45, 2.75) is 34.6 Å². The molecule has 0 aliphatic rings. The monoisotopic (exact) mass is 398 g/mol. The average Bonchev–Trinajstić information content (AvgIpc) is 3.30. The van der Waals surface area contributed by atoms with Gasteiger partial charge < -0.3 is 14.3 Å². The van der Waals surface area contributed by atoms with E-state index in [-0.39, 0.29) is 11.6 Å². The lowest BCUT2D eigenvalue weighted by Gasteiger charge is -2.10. The van der Waals surface area contributed by atoms with E-state index >= 15 is 0 Å². The molecular formula is C21H22N2O4S. The highest BCUT2D eigenvalue weighted by Gasteiger charge is 2.23. The van der Waals surface area contributed by atoms with Crippen molar-refractivity contribution in [3.63, 3.8) is 0 Å². The van der Waals surface area contributed by atoms with E-state index in [1.54, 1.807) is 19.9 Å². The molecule has 0 aliphatic carbocycles. The molecule has 0 spiro atoms. The van der Waals surface area contributed by atoms with Crippen LogP contribution in [0.15, 0.2) is 23.6 Å². The number of aromatic amines is 1. The number of carbonyl (C=O) groups is 3. The highest BCUT2D eigenvalue weighted by molar-refractivity contribution is 7.13. The molecule has 28 heavy (non-hydrogen) atoms. The first-order chi connectivity index (χ1) is 13.2. The number of ether oxygens (including phenoxy) is 1. The summed E-state index contributed by atoms with van der Waals surface area (Å²) in [5.41, 5.74) is 4.48. The Morgan fingerprint density at radius 3 is 2.29 bits per heavy atom. The van der Waals surface area contributed by atoms with Crippen molar-refractivity contribution in [1.29, 1.82) is 0 Å². The second-order valence-corrected chi connectivity index (χ2v) is 7.67. The molecule has 1 N–H and O–H groups in total. The van der Waals surface area contributed by atoms with E-state index in [2.05, 4.69) is 4.98 Å². The Kier molecular flexibility index (Phi) is 5.38. The summed E-state index contributed by atoms with van der Waals surface area (Å²) in [7, 11) is 0. The fourth-order valence-electron chi connectivity index (χ4n) is 3.46. The summed E-state index contributed by atoms with van der Waals surface area (Å²) in [6.07, 6.45) is 0. The maximum absolute atomic E-state index is 12.6. The van der Waals surface area contributed by atoms with Gasteiger partial charge in [-0.15, -0.1) is 11.3 Å². The SMILES string of the molecule is CC(=O)c1c(C)[nH]c(C(=O)COC(=O)c2ccsc2-n2c(C)ccc2C)c1C. The Hall–Kier alpha value is -2.93. The van der Waals surface area contributed by atoms with Crippen LogP contribution >= 0.6 is 11.3 Å². The first-order valence-electron chi connectivity index (χ1n) is 8.85. The quantitative estimate of drug-likeness (QED) is 0.495. The summed E-state index contributed by atoms with van der Waals surface area (Å²) >= 11 is 1.44. The van der Waals surface area contributed by atoms with Crippen molar-refractivity contribution in [2.75, 3.05) is 6.61 Å². The van der Waals surface area contributed by atoms with Crippen molar-refractivity contribution in [3.05, 3.63) is 63.0 Å². The molecule has 3 heterocycles. The molecule has 3 rings (SSSR count). The maximum atomic E-state index is 12.6. The Morgan fingerprint density at radius 1 is 1.07 bits per heavy atom. The fourth-order valence-corrected chi connectivity index (χ4v) is 4.46. The Morgan fingerprint density at radius 2 is 1.71 bits per heavy atom. The number of H-pyrrole nitrogens is 1. The van der Waals surface area contributed by atoms with Crippen LogP contribution in [-0.4, -0.2) is 33.7 Å². The number of aromatic nitrogens is 2. The molecule has 0 radical (unpaired) electrons. The predicted molar refractivity (Wildman–Crippen MR) is 108 cm³/mol. The van der Waals surface area contributed by atoms with Crippen LogP contribution in [0.4, 0.5) is 0 Å². The molecule has 0 amide bonds. The van der Waals surface area contributed by atoms with Gasteiger partial charge in [0.2, 0.25) is 5.78 Å². The number of hydrogen-bond acceptors (Lipinski definition) is 5. The minimum atomic E-state index is -0.551. The molecule has 6 nitrogen and oxygen atoms in total. The highest BCUT2D eigenvalue weighted by atomic mass is 32.1. The number of thiophene rings is 1. The number of rotatable bonds is 6. The molecule has 3 aromatic heterocycles. The smallest absolute Gasteiger partial charge is 0.341 e. The summed E-state index contributed by atoms with van der Waals surface area (Å²) in [6, 6.07) is 5.66. The zero-order valence-electron chi connectivity index (χ0n) is 16.5. The standard InChI is InChI=1S/C21H22N2O4S/c1-11-6-7-12(2)23(11)20-16(8-9-28-20)21(26)27-10-17(25)19-13(3)18(15(5)24)14(4)22-19/h6-9,22H,10H2,1-5H3. The number of aryl methyl sites for hydroxylation is 3. The first-order valence-corrected chi connectivity index (χ1v) is 9.73. The highest BCUT2D eigenvalue weighted by Crippen LogP contribution is 2.26. The molecule has 0 unspecified atom stereocenters. The van der Waals surface area contributed by atoms with Gasteiger partial charge >= 0.3 is 5.97 Å². The number of esters is 1. The zero-order chi connectivity index (χ0) is 20.6. The van der Waals surface area contributed by atoms with Gasteiger partial charge in [0, 0.05) is 22.6 Å². The van der Waals surface area contributed by atoms with E-state index in [0.717, 1.165) is 16.4 Å². The van der Waals surface area contributed by atoms with Gasteiger partial charge in [-0.3, -0.25) is 9.59 Å². The van der Waals surface area contributed by atoms with E-state index in [1.807, 2.05) is 35.9 Å². The summed E-state index contributed by atoms with van der Waals surface area (Å²) in [5, 5.41) is 2.59. The predicted octanol–water partition coefficient (Wildman–Crippen LogP) is 4.34. The second kappa shape index (κ2) is 7.59. The summed E-state index contributed by atoms with van der Waals surface area (Å²) in [4.78, 5) is 39.8. The number of nitrogens with zero attached hydrogens (tertiary/aromatic N) is 1. The van der Waals surface area contributed by atoms with Crippen molar-refractivity contribution < 1.29 is 19.1 Å². The van der Waals surface area contributed by atoms with Crippen molar-refractivity contribution >= 4 is 28.9 Å². The van der Waals surface area contributed by atoms with Gasteiger partial charge in [0.25, 0.3) is 0 Å². The molecule has 0 fully saturated rings. The molecule has 146 valence electrons. The summed E-state index contributed by atoms with van der Waals surface area (Å²) in [5.74, 6) is -1.03. The molecule has 0 bridgehead atoms. The van der Waals surface area contributed by atoms with Crippen LogP contribution in [0.1, 0.15) is 60.8 Å². The largest absolute Gasteiger partial charge is 0.454 e. The molecule has 3 aromatic rings. The lowest BCUT2D eigenvalue weighted by atomic mass is 10.1. The Bertz CT molecular complexity index is 1060. The van der Waals surface area contributed by atoms with E-state index in [9.17, 15) is 14.4 Å². The van der Waals surface area contributed by atoms with Crippen LogP contribution in [0.25, 0.3) is 5.00 Å². The first kappa shape index (κ1) is 19.8. The molecule has 0 atom stereocenters. The fraction of sp³-hybridized carbons (Fsp3) is 0.286. The third kappa shape index (κ3) is 3.45. The Labute approximate surface area is 167 Å². The average molecular weight is 398 g/mol. The molecule has 0 saturated heterocycles. The van der Waals surface area contributed by atoms with Gasteiger partial charge in [-0.1, -0.05) is 0 Å². The van der Waals surface area contributed by atoms with Crippen molar-refractivity contribution in [1.82, 2.24) is 9.55 Å². The number of Topliss-reactive ketones (excluding diaryl/α,β-unsaturated/α-hetero) is 2. The van der Waals surface area contributed by atoms with E-state index in [4.69, 9.17) is 4.74 Å². The summed E-state index contributed by atoms with van der Waals surface area (Å²) < 4.78 is 7.27. The van der Waals surface area contributed by atoms with Crippen molar-refractivity contribution in [2.24, 2.45) is 0 Å². The number of nitrogens with one attached hydrogen (secondary N) is 1. The van der Waals surface area contributed by atoms with Crippen LogP contribution in [0.5, 0.6) is 0 Å². The molecule has 7 heteroatoms. The van der Waals surface area contributed by atoms with Gasteiger partial charge in [-0.25, -0.2) is 4.79 Å². The van der Waals surface area contributed by atoms with Crippen LogP contribution < -0.4 is 0 Å². The molecule has 0 saturated carbocycles. The minimum Gasteiger partial charge on any atom is -0.454 e. The van der Waals surface area contributed by atoms with Gasteiger partial charge in [-0.05, 0) is 63.8 Å². The van der Waals surface area contributed by atoms with Crippen molar-refractivity contribution in [3.8, 4) is 5.00 Å². The lowest BCUT2D eigenvalue weighted by molar-refractivity contribution is 0.0474. The van der Waals surface area contributed by atoms with E-state index in [0.29, 0.717) is 28.1 Å². The zero-order valence-corrected chi connectivity index (χ0v) is 17.3. The Balaban J connectivity index is 1.78. The maximum Gasteiger partial charge on any atom is 0.341 e. The number of hydrogen-bond donors (Lipinski definition) is 1. The van der Waals surface area contributed by atoms with E-state index < -0.39 is 12.6 Å². The van der Waals surface area contributed by atoms with Gasteiger partial charge in [0.05, 0.1) is 11.3 Å². The summed E-state index contributed by atoms with van der Waals surface area (Å²) in [6.45, 7) is 8.45. The van der Waals surface area contributed by atoms with Crippen LogP contribution in [0.2, 0.25) is 0 Å². The van der Waals surface area contributed by atoms with Gasteiger partial charge in [-0.2, -0.15) is 0 Å². The third-order valence-electron chi connectivity index (χ3n) is 4.74. The number of ketones is 2. The topological polar surface area (TPSA) is 81.2 Å². The minimum absolute atomic E-state index is 0.109. The molecular weight excluding hydrogens is 376 g/mol. The normalized spacial score (nSPS) is 10.9. The molecule has 0 aliphatic heterocycles. The lowest BCUT2D eigenvalue weighted by Crippen LogP contribution is -2.16. The van der Waals surface area contributed by atoms with Gasteiger partial charge in [0.1, 0.15) is 5.00 Å². The molecule has 0 aromatic carbocycles. The van der Waals surface area contributed by atoms with Gasteiger partial charge in [0.15, 0.2) is 12.4 Å². The van der Waals surface area contributed by atoms with E-state index in [1.165, 1.54) is 18.3 Å².